The summed E-state index contributed by atoms with van der Waals surface area (Å²) in [7, 11) is -0.172. The van der Waals surface area contributed by atoms with Gasteiger partial charge in [0.1, 0.15) is 18.4 Å². The molecule has 0 amide bonds. The molecule has 3 rings (SSSR count). The molecule has 11 nitrogen and oxygen atoms in total. The zero-order valence-electron chi connectivity index (χ0n) is 26.0. The molecule has 0 saturated carbocycles. The summed E-state index contributed by atoms with van der Waals surface area (Å²) in [5.41, 5.74) is 0.186. The Morgan fingerprint density at radius 1 is 1.39 bits per heavy atom. The van der Waals surface area contributed by atoms with Crippen molar-refractivity contribution in [1.82, 2.24) is 19.1 Å². The topological polar surface area (TPSA) is 106 Å². The largest absolute Gasteiger partial charge is 0.400 e. The number of ketones is 1. The molecule has 2 aliphatic rings. The van der Waals surface area contributed by atoms with Gasteiger partial charge >= 0.3 is 0 Å². The van der Waals surface area contributed by atoms with Gasteiger partial charge in [-0.25, -0.2) is 21.2 Å². The molecule has 0 spiro atoms. The van der Waals surface area contributed by atoms with Gasteiger partial charge in [-0.1, -0.05) is 0 Å². The van der Waals surface area contributed by atoms with E-state index in [4.69, 9.17) is 23.2 Å². The molecular weight excluding hydrogens is 507 g/mol. The van der Waals surface area contributed by atoms with Gasteiger partial charge in [-0.15, -0.1) is 0 Å². The SMILES string of the molecule is [2H]C[C@@]1(COP(OCC[N+]#[C-])N(C(C)C)C(C)C)CN(C(C)C)C[C@H](n2cnc3c2N=C(C)CC3=O)O1.[3H]OC. The van der Waals surface area contributed by atoms with Crippen molar-refractivity contribution in [3.8, 4) is 0 Å². The van der Waals surface area contributed by atoms with Crippen LogP contribution < -0.4 is 0 Å². The molecular formula is C26H45N6O5P. The molecule has 1 unspecified atom stereocenters. The van der Waals surface area contributed by atoms with Gasteiger partial charge in [-0.3, -0.25) is 14.3 Å². The van der Waals surface area contributed by atoms with E-state index in [2.05, 4.69) is 71.0 Å². The number of rotatable bonds is 11. The molecule has 0 bridgehead atoms. The number of carbonyl (C=O) groups excluding carboxylic acids is 1. The minimum absolute atomic E-state index is 0.0145. The highest BCUT2D eigenvalue weighted by molar-refractivity contribution is 7.44. The van der Waals surface area contributed by atoms with E-state index in [-0.39, 0.29) is 57.0 Å². The van der Waals surface area contributed by atoms with Crippen molar-refractivity contribution in [3.63, 3.8) is 0 Å². The van der Waals surface area contributed by atoms with Crippen LogP contribution in [0.1, 0.15) is 79.9 Å². The highest BCUT2D eigenvalue weighted by Gasteiger charge is 2.42. The second kappa shape index (κ2) is 14.6. The second-order valence-corrected chi connectivity index (χ2v) is 11.8. The lowest BCUT2D eigenvalue weighted by Crippen LogP contribution is -2.56. The maximum Gasteiger partial charge on any atom is 0.259 e. The predicted molar refractivity (Wildman–Crippen MR) is 150 cm³/mol. The second-order valence-electron chi connectivity index (χ2n) is 10.3. The van der Waals surface area contributed by atoms with Gasteiger partial charge in [-0.2, -0.15) is 0 Å². The molecule has 0 aromatic carbocycles. The molecule has 214 valence electrons. The fraction of sp³-hybridized carbons (Fsp3) is 0.769. The molecule has 3 atom stereocenters. The normalized spacial score (nSPS) is 23.5. The van der Waals surface area contributed by atoms with Crippen LogP contribution in [0.4, 0.5) is 5.82 Å². The van der Waals surface area contributed by atoms with E-state index in [0.717, 1.165) is 5.71 Å². The molecule has 1 N–H and O–H groups in total. The smallest absolute Gasteiger partial charge is 0.259 e. The highest BCUT2D eigenvalue weighted by Crippen LogP contribution is 2.47. The third-order valence-electron chi connectivity index (χ3n) is 6.14. The Balaban J connectivity index is 0.00000178. The number of fused-ring (bicyclic) bond motifs is 1. The van der Waals surface area contributed by atoms with Crippen molar-refractivity contribution in [2.75, 3.05) is 40.0 Å². The summed E-state index contributed by atoms with van der Waals surface area (Å²) >= 11 is 0. The number of hydrogen-bond donors (Lipinski definition) is 1. The maximum atomic E-state index is 12.5. The molecule has 1 aromatic rings. The lowest BCUT2D eigenvalue weighted by atomic mass is 10.0. The highest BCUT2D eigenvalue weighted by atomic mass is 31.2. The van der Waals surface area contributed by atoms with Gasteiger partial charge in [-0.05, 0) is 55.4 Å². The van der Waals surface area contributed by atoms with E-state index in [1.165, 1.54) is 7.11 Å². The van der Waals surface area contributed by atoms with Crippen LogP contribution in [-0.4, -0.2) is 101 Å². The Morgan fingerprint density at radius 2 is 2.08 bits per heavy atom. The summed E-state index contributed by atoms with van der Waals surface area (Å²) in [4.78, 5) is 27.2. The first-order valence-corrected chi connectivity index (χ1v) is 14.1. The molecule has 0 aliphatic carbocycles. The quantitative estimate of drug-likeness (QED) is 0.242. The number of morpholine rings is 1. The van der Waals surface area contributed by atoms with Crippen molar-refractivity contribution in [2.24, 2.45) is 4.99 Å². The first kappa shape index (κ1) is 29.2. The molecule has 3 heterocycles. The average Bonchev–Trinajstić information content (AvgIpc) is 3.31. The number of hydrogen-bond acceptors (Lipinski definition) is 9. The number of aliphatic hydroxyl groups excluding tert-OH is 1. The Kier molecular flexibility index (Phi) is 11.2. The van der Waals surface area contributed by atoms with E-state index >= 15 is 0 Å². The van der Waals surface area contributed by atoms with Crippen LogP contribution in [0, 0.1) is 6.57 Å². The number of ether oxygens (including phenoxy) is 1. The summed E-state index contributed by atoms with van der Waals surface area (Å²) in [6.07, 6.45) is 1.41. The lowest BCUT2D eigenvalue weighted by molar-refractivity contribution is -0.192. The van der Waals surface area contributed by atoms with Gasteiger partial charge in [0.2, 0.25) is 7.98 Å². The monoisotopic (exact) mass is 555 g/mol. The fourth-order valence-corrected chi connectivity index (χ4v) is 6.19. The van der Waals surface area contributed by atoms with E-state index in [1.54, 1.807) is 6.33 Å². The van der Waals surface area contributed by atoms with Gasteiger partial charge < -0.3 is 23.7 Å². The molecule has 2 aliphatic heterocycles. The van der Waals surface area contributed by atoms with E-state index in [1.807, 2.05) is 11.5 Å². The minimum atomic E-state index is -1.46. The van der Waals surface area contributed by atoms with Gasteiger partial charge in [0.25, 0.3) is 8.53 Å². The Labute approximate surface area is 231 Å². The van der Waals surface area contributed by atoms with E-state index in [0.29, 0.717) is 24.6 Å². The number of aliphatic hydroxyl groups is 1. The van der Waals surface area contributed by atoms with Gasteiger partial charge in [0.05, 0.1) is 19.4 Å². The van der Waals surface area contributed by atoms with Crippen molar-refractivity contribution in [2.45, 2.75) is 91.7 Å². The van der Waals surface area contributed by atoms with E-state index < -0.39 is 20.4 Å². The summed E-state index contributed by atoms with van der Waals surface area (Å²) in [6.45, 7) is 23.3. The molecule has 1 aromatic heterocycles. The summed E-state index contributed by atoms with van der Waals surface area (Å²) in [5.74, 6) is 0.470. The molecule has 1 saturated heterocycles. The fourth-order valence-electron chi connectivity index (χ4n) is 4.51. The third-order valence-corrected chi connectivity index (χ3v) is 8.20. The van der Waals surface area contributed by atoms with Crippen LogP contribution in [0.5, 0.6) is 0 Å². The van der Waals surface area contributed by atoms with Crippen LogP contribution in [0.25, 0.3) is 4.85 Å². The first-order chi connectivity index (χ1) is 18.9. The predicted octanol–water partition coefficient (Wildman–Crippen LogP) is 4.47. The Bertz CT molecular complexity index is 1030. The van der Waals surface area contributed by atoms with Crippen molar-refractivity contribution in [1.29, 1.82) is 1.43 Å². The molecule has 12 heteroatoms. The summed E-state index contributed by atoms with van der Waals surface area (Å²) in [5, 5.41) is 3.50. The van der Waals surface area contributed by atoms with Crippen LogP contribution in [0.3, 0.4) is 0 Å². The van der Waals surface area contributed by atoms with Crippen LogP contribution in [0.2, 0.25) is 0 Å². The maximum absolute atomic E-state index is 12.5. The third kappa shape index (κ3) is 8.12. The van der Waals surface area contributed by atoms with Crippen molar-refractivity contribution >= 4 is 25.8 Å². The van der Waals surface area contributed by atoms with Crippen molar-refractivity contribution in [3.05, 3.63) is 23.4 Å². The standard InChI is InChI=1S/C25H41N6O4P.CH4O/c1-17(2)29-13-22(30-16-27-23-21(32)12-20(7)28-24(23)30)35-25(8,14-29)15-34-36(33-11-10-26-9)31(18(3)4)19(5)6;1-2/h16-19,22H,10-15H2,1-8H3;2H,1H3/t22-,25+,36?;/m1./s1/i8D;2T. The van der Waals surface area contributed by atoms with Gasteiger partial charge in [0, 0.05) is 45.4 Å². The zero-order valence-corrected chi connectivity index (χ0v) is 24.9. The van der Waals surface area contributed by atoms with Gasteiger partial charge in [0.15, 0.2) is 17.3 Å². The number of nitrogens with zero attached hydrogens (tertiary/aromatic N) is 6. The Hall–Kier alpha value is -1.77. The number of Topliss-reactive ketones (excluding diaryl/α,β-unsaturated/α-hetero) is 1. The van der Waals surface area contributed by atoms with Crippen LogP contribution >= 0.6 is 8.53 Å². The molecule has 38 heavy (non-hydrogen) atoms. The summed E-state index contributed by atoms with van der Waals surface area (Å²) in [6, 6.07) is 0.561. The van der Waals surface area contributed by atoms with Crippen molar-refractivity contribution < 1.29 is 25.1 Å². The zero-order chi connectivity index (χ0) is 30.0. The number of aromatic nitrogens is 2. The number of carbonyl (C=O) groups is 1. The van der Waals surface area contributed by atoms with Crippen LogP contribution in [0.15, 0.2) is 11.3 Å². The molecule has 0 radical (unpaired) electrons. The number of imidazole rings is 1. The summed E-state index contributed by atoms with van der Waals surface area (Å²) < 4.78 is 37.4. The van der Waals surface area contributed by atoms with E-state index in [9.17, 15) is 4.79 Å². The average molecular weight is 556 g/mol. The minimum Gasteiger partial charge on any atom is -0.400 e. The first-order valence-electron chi connectivity index (χ1n) is 14.1. The Morgan fingerprint density at radius 3 is 2.66 bits per heavy atom. The van der Waals surface area contributed by atoms with Crippen LogP contribution in [-0.2, 0) is 13.8 Å². The number of aliphatic imine (C=N–C) groups is 1. The molecule has 1 fully saturated rings. The lowest BCUT2D eigenvalue weighted by Gasteiger charge is -2.47.